The highest BCUT2D eigenvalue weighted by Crippen LogP contribution is 2.31. The van der Waals surface area contributed by atoms with Gasteiger partial charge in [-0.2, -0.15) is 0 Å². The number of anilines is 1. The lowest BCUT2D eigenvalue weighted by molar-refractivity contribution is -0.122. The van der Waals surface area contributed by atoms with Crippen LogP contribution in [0.3, 0.4) is 0 Å². The largest absolute Gasteiger partial charge is 0.368 e. The number of fused-ring (bicyclic) bond motifs is 1. The molecule has 4 rings (SSSR count). The van der Waals surface area contributed by atoms with Crippen molar-refractivity contribution in [3.8, 4) is 0 Å². The maximum absolute atomic E-state index is 14.6. The van der Waals surface area contributed by atoms with Crippen molar-refractivity contribution in [2.75, 3.05) is 5.32 Å². The second-order valence-electron chi connectivity index (χ2n) is 7.58. The normalized spacial score (nSPS) is 27.8. The highest BCUT2D eigenvalue weighted by Gasteiger charge is 2.39. The average molecular weight is 399 g/mol. The number of carbonyl (C=O) groups is 1. The van der Waals surface area contributed by atoms with E-state index in [0.29, 0.717) is 18.7 Å². The first-order chi connectivity index (χ1) is 14.0. The molecule has 29 heavy (non-hydrogen) atoms. The van der Waals surface area contributed by atoms with Crippen LogP contribution in [0, 0.1) is 5.82 Å². The van der Waals surface area contributed by atoms with Gasteiger partial charge in [0.05, 0.1) is 12.2 Å². The predicted molar refractivity (Wildman–Crippen MR) is 108 cm³/mol. The molecule has 1 unspecified atom stereocenters. The van der Waals surface area contributed by atoms with Crippen molar-refractivity contribution in [2.24, 2.45) is 5.73 Å². The molecule has 0 aromatic carbocycles. The third-order valence-corrected chi connectivity index (χ3v) is 5.60. The van der Waals surface area contributed by atoms with E-state index < -0.39 is 11.5 Å². The summed E-state index contributed by atoms with van der Waals surface area (Å²) >= 11 is 0. The maximum atomic E-state index is 14.6. The van der Waals surface area contributed by atoms with Crippen molar-refractivity contribution in [1.82, 2.24) is 25.9 Å². The van der Waals surface area contributed by atoms with Gasteiger partial charge in [-0.15, -0.1) is 0 Å². The number of rotatable bonds is 5. The van der Waals surface area contributed by atoms with Crippen molar-refractivity contribution in [3.63, 3.8) is 0 Å². The lowest BCUT2D eigenvalue weighted by atomic mass is 9.84. The van der Waals surface area contributed by atoms with Gasteiger partial charge in [-0.05, 0) is 31.5 Å². The SMILES string of the molecule is CCC(=O)N[C@@H]1CCCC[C@@]1(N)Nc1nc(C2=CNC3NC=CC=C23)ncc1F. The van der Waals surface area contributed by atoms with Gasteiger partial charge in [-0.25, -0.2) is 14.4 Å². The number of nitrogens with two attached hydrogens (primary N) is 1. The Morgan fingerprint density at radius 2 is 2.28 bits per heavy atom. The second kappa shape index (κ2) is 7.82. The zero-order chi connectivity index (χ0) is 20.4. The minimum absolute atomic E-state index is 0.0411. The Labute approximate surface area is 168 Å². The molecule has 3 atom stereocenters. The molecular weight excluding hydrogens is 373 g/mol. The van der Waals surface area contributed by atoms with E-state index >= 15 is 0 Å². The number of halogens is 1. The molecule has 154 valence electrons. The molecule has 0 bridgehead atoms. The molecule has 3 aliphatic rings. The summed E-state index contributed by atoms with van der Waals surface area (Å²) in [7, 11) is 0. The number of allylic oxidation sites excluding steroid dienone is 2. The number of carbonyl (C=O) groups excluding carboxylic acids is 1. The fourth-order valence-corrected chi connectivity index (χ4v) is 3.97. The summed E-state index contributed by atoms with van der Waals surface area (Å²) in [6.07, 6.45) is 12.2. The van der Waals surface area contributed by atoms with Crippen molar-refractivity contribution in [2.45, 2.75) is 56.9 Å². The Hall–Kier alpha value is -2.94. The highest BCUT2D eigenvalue weighted by atomic mass is 19.1. The minimum Gasteiger partial charge on any atom is -0.368 e. The van der Waals surface area contributed by atoms with Crippen LogP contribution < -0.4 is 27.0 Å². The molecule has 2 aliphatic heterocycles. The van der Waals surface area contributed by atoms with Gasteiger partial charge in [0.25, 0.3) is 0 Å². The second-order valence-corrected chi connectivity index (χ2v) is 7.58. The summed E-state index contributed by atoms with van der Waals surface area (Å²) in [6.45, 7) is 1.79. The third-order valence-electron chi connectivity index (χ3n) is 5.60. The van der Waals surface area contributed by atoms with Crippen LogP contribution in [0.2, 0.25) is 0 Å². The Bertz CT molecular complexity index is 897. The molecular formula is C20H26FN7O. The van der Waals surface area contributed by atoms with Gasteiger partial charge in [0.1, 0.15) is 11.8 Å². The summed E-state index contributed by atoms with van der Waals surface area (Å²) in [5.41, 5.74) is 7.41. The van der Waals surface area contributed by atoms with Gasteiger partial charge in [-0.1, -0.05) is 19.4 Å². The van der Waals surface area contributed by atoms with Crippen LogP contribution in [0.25, 0.3) is 5.57 Å². The average Bonchev–Trinajstić information content (AvgIpc) is 3.15. The zero-order valence-electron chi connectivity index (χ0n) is 16.3. The fourth-order valence-electron chi connectivity index (χ4n) is 3.97. The lowest BCUT2D eigenvalue weighted by Gasteiger charge is -2.42. The Morgan fingerprint density at radius 3 is 3.10 bits per heavy atom. The van der Waals surface area contributed by atoms with E-state index in [1.165, 1.54) is 0 Å². The van der Waals surface area contributed by atoms with E-state index in [0.717, 1.165) is 36.6 Å². The quantitative estimate of drug-likeness (QED) is 0.476. The summed E-state index contributed by atoms with van der Waals surface area (Å²) in [5, 5.41) is 12.4. The van der Waals surface area contributed by atoms with E-state index in [4.69, 9.17) is 5.73 Å². The van der Waals surface area contributed by atoms with Crippen molar-refractivity contribution < 1.29 is 9.18 Å². The summed E-state index contributed by atoms with van der Waals surface area (Å²) in [5.74, 6) is -0.209. The molecule has 3 heterocycles. The minimum atomic E-state index is -0.977. The molecule has 1 aliphatic carbocycles. The topological polar surface area (TPSA) is 117 Å². The van der Waals surface area contributed by atoms with Crippen molar-refractivity contribution >= 4 is 17.3 Å². The number of nitrogens with zero attached hydrogens (tertiary/aromatic N) is 2. The molecule has 1 saturated carbocycles. The lowest BCUT2D eigenvalue weighted by Crippen LogP contribution is -2.64. The predicted octanol–water partition coefficient (Wildman–Crippen LogP) is 1.46. The van der Waals surface area contributed by atoms with Crippen LogP contribution in [0.5, 0.6) is 0 Å². The van der Waals surface area contributed by atoms with Crippen LogP contribution in [-0.2, 0) is 4.79 Å². The number of aromatic nitrogens is 2. The molecule has 9 heteroatoms. The van der Waals surface area contributed by atoms with E-state index in [9.17, 15) is 9.18 Å². The molecule has 0 spiro atoms. The Kier molecular flexibility index (Phi) is 5.23. The van der Waals surface area contributed by atoms with Gasteiger partial charge >= 0.3 is 0 Å². The van der Waals surface area contributed by atoms with E-state index in [-0.39, 0.29) is 23.9 Å². The maximum Gasteiger partial charge on any atom is 0.220 e. The monoisotopic (exact) mass is 399 g/mol. The molecule has 1 fully saturated rings. The molecule has 1 amide bonds. The number of hydrogen-bond acceptors (Lipinski definition) is 7. The standard InChI is InChI=1S/C20H26FN7O/c1-2-16(29)26-15-7-3-4-8-20(15,22)28-19-14(21)11-25-18(27-19)13-10-24-17-12(13)6-5-9-23-17/h5-6,9-11,15,17,23-24H,2-4,7-8,22H2,1H3,(H,26,29)(H,25,27,28)/t15-,17?,20-/m1/s1. The van der Waals surface area contributed by atoms with Gasteiger partial charge < -0.3 is 27.0 Å². The number of nitrogens with one attached hydrogen (secondary N) is 4. The summed E-state index contributed by atoms with van der Waals surface area (Å²) in [6, 6.07) is -0.298. The van der Waals surface area contributed by atoms with Gasteiger partial charge in [-0.3, -0.25) is 4.79 Å². The van der Waals surface area contributed by atoms with Crippen LogP contribution in [0.4, 0.5) is 10.2 Å². The van der Waals surface area contributed by atoms with E-state index in [2.05, 4.69) is 31.2 Å². The van der Waals surface area contributed by atoms with E-state index in [1.54, 1.807) is 6.92 Å². The first-order valence-electron chi connectivity index (χ1n) is 9.99. The molecule has 0 saturated heterocycles. The summed E-state index contributed by atoms with van der Waals surface area (Å²) < 4.78 is 14.6. The molecule has 6 N–H and O–H groups in total. The zero-order valence-corrected chi connectivity index (χ0v) is 16.3. The Morgan fingerprint density at radius 1 is 1.41 bits per heavy atom. The van der Waals surface area contributed by atoms with Crippen LogP contribution >= 0.6 is 0 Å². The number of hydrogen-bond donors (Lipinski definition) is 5. The third kappa shape index (κ3) is 3.82. The van der Waals surface area contributed by atoms with Crippen molar-refractivity contribution in [1.29, 1.82) is 0 Å². The van der Waals surface area contributed by atoms with Gasteiger partial charge in [0, 0.05) is 23.8 Å². The molecule has 8 nitrogen and oxygen atoms in total. The number of amides is 1. The fraction of sp³-hybridized carbons (Fsp3) is 0.450. The smallest absolute Gasteiger partial charge is 0.220 e. The summed E-state index contributed by atoms with van der Waals surface area (Å²) in [4.78, 5) is 20.5. The molecule has 1 aromatic heterocycles. The molecule has 0 radical (unpaired) electrons. The van der Waals surface area contributed by atoms with Crippen molar-refractivity contribution in [3.05, 3.63) is 48.0 Å². The van der Waals surface area contributed by atoms with E-state index in [1.807, 2.05) is 24.6 Å². The first-order valence-corrected chi connectivity index (χ1v) is 9.99. The van der Waals surface area contributed by atoms with Crippen LogP contribution in [0.15, 0.2) is 36.3 Å². The van der Waals surface area contributed by atoms with Crippen LogP contribution in [-0.4, -0.2) is 33.7 Å². The highest BCUT2D eigenvalue weighted by molar-refractivity contribution is 5.80. The van der Waals surface area contributed by atoms with Gasteiger partial charge in [0.2, 0.25) is 5.91 Å². The van der Waals surface area contributed by atoms with Crippen LogP contribution in [0.1, 0.15) is 44.9 Å². The Balaban J connectivity index is 1.60. The first kappa shape index (κ1) is 19.4. The molecule has 1 aromatic rings. The van der Waals surface area contributed by atoms with Gasteiger partial charge in [0.15, 0.2) is 17.5 Å². The number of dihydropyridines is 1.